The Morgan fingerprint density at radius 3 is 2.19 bits per heavy atom. The van der Waals surface area contributed by atoms with Crippen molar-refractivity contribution in [2.75, 3.05) is 6.61 Å². The van der Waals surface area contributed by atoms with E-state index < -0.39 is 6.29 Å². The maximum absolute atomic E-state index is 12.7. The predicted octanol–water partition coefficient (Wildman–Crippen LogP) is 7.36. The van der Waals surface area contributed by atoms with E-state index in [2.05, 4.69) is 57.3 Å². The maximum atomic E-state index is 12.7. The molecule has 4 rings (SSSR count). The molecule has 2 unspecified atom stereocenters. The number of carbonyl (C=O) groups is 1. The van der Waals surface area contributed by atoms with Gasteiger partial charge in [0.15, 0.2) is 0 Å². The number of carbonyl (C=O) groups excluding carboxylic acids is 1. The van der Waals surface area contributed by atoms with Gasteiger partial charge in [0.1, 0.15) is 11.9 Å². The van der Waals surface area contributed by atoms with Crippen LogP contribution in [-0.2, 0) is 27.2 Å². The van der Waals surface area contributed by atoms with Gasteiger partial charge >= 0.3 is 0 Å². The molecule has 0 aliphatic carbocycles. The average Bonchev–Trinajstić information content (AvgIpc) is 3.03. The summed E-state index contributed by atoms with van der Waals surface area (Å²) >= 11 is 0. The summed E-state index contributed by atoms with van der Waals surface area (Å²) in [6, 6.07) is 27.6. The maximum Gasteiger partial charge on any atom is 0.251 e. The highest BCUT2D eigenvalue weighted by Gasteiger charge is 2.46. The minimum absolute atomic E-state index is 0.0102. The monoisotopic (exact) mass is 573 g/mol. The van der Waals surface area contributed by atoms with E-state index in [1.54, 1.807) is 0 Å². The summed E-state index contributed by atoms with van der Waals surface area (Å²) in [5, 5.41) is 3.17. The van der Waals surface area contributed by atoms with Crippen molar-refractivity contribution in [2.24, 2.45) is 5.92 Å². The van der Waals surface area contributed by atoms with Crippen LogP contribution in [0.15, 0.2) is 84.9 Å². The van der Waals surface area contributed by atoms with Gasteiger partial charge in [-0.15, -0.1) is 0 Å². The Kier molecular flexibility index (Phi) is 12.4. The molecule has 1 aliphatic heterocycles. The first-order valence-electron chi connectivity index (χ1n) is 15.6. The fraction of sp³-hybridized carbons (Fsp3) is 0.472. The third-order valence-corrected chi connectivity index (χ3v) is 8.02. The Labute approximate surface area is 251 Å². The first kappa shape index (κ1) is 31.7. The largest absolute Gasteiger partial charge is 0.462 e. The van der Waals surface area contributed by atoms with E-state index in [0.717, 1.165) is 49.0 Å². The number of ether oxygens (including phenoxy) is 4. The third kappa shape index (κ3) is 8.90. The molecule has 1 aliphatic rings. The molecule has 0 aromatic heterocycles. The molecule has 42 heavy (non-hydrogen) atoms. The van der Waals surface area contributed by atoms with Gasteiger partial charge in [-0.1, -0.05) is 94.8 Å². The van der Waals surface area contributed by atoms with Crippen molar-refractivity contribution in [2.45, 2.75) is 97.0 Å². The molecule has 1 fully saturated rings. The molecular weight excluding hydrogens is 526 g/mol. The van der Waals surface area contributed by atoms with Gasteiger partial charge in [-0.2, -0.15) is 0 Å². The minimum Gasteiger partial charge on any atom is -0.462 e. The van der Waals surface area contributed by atoms with Crippen LogP contribution in [0.1, 0.15) is 74.9 Å². The Hall–Kier alpha value is -3.19. The van der Waals surface area contributed by atoms with E-state index in [1.807, 2.05) is 60.7 Å². The predicted molar refractivity (Wildman–Crippen MR) is 167 cm³/mol. The summed E-state index contributed by atoms with van der Waals surface area (Å²) in [5.74, 6) is 0.843. The Morgan fingerprint density at radius 1 is 0.857 bits per heavy atom. The third-order valence-electron chi connectivity index (χ3n) is 8.02. The number of nitrogens with one attached hydrogen (secondary N) is 1. The van der Waals surface area contributed by atoms with Crippen molar-refractivity contribution in [3.63, 3.8) is 0 Å². The summed E-state index contributed by atoms with van der Waals surface area (Å²) in [6.45, 7) is 9.74. The van der Waals surface area contributed by atoms with Gasteiger partial charge in [-0.3, -0.25) is 4.79 Å². The number of amides is 1. The summed E-state index contributed by atoms with van der Waals surface area (Å²) in [4.78, 5) is 12.7. The van der Waals surface area contributed by atoms with Gasteiger partial charge in [0.05, 0.1) is 18.8 Å². The van der Waals surface area contributed by atoms with E-state index in [4.69, 9.17) is 18.9 Å². The normalized spacial score (nSPS) is 22.8. The van der Waals surface area contributed by atoms with Crippen molar-refractivity contribution in [1.82, 2.24) is 5.32 Å². The first-order chi connectivity index (χ1) is 20.5. The smallest absolute Gasteiger partial charge is 0.251 e. The van der Waals surface area contributed by atoms with E-state index >= 15 is 0 Å². The molecule has 0 saturated carbocycles. The Bertz CT molecular complexity index is 1190. The highest BCUT2D eigenvalue weighted by atomic mass is 16.7. The zero-order chi connectivity index (χ0) is 29.7. The van der Waals surface area contributed by atoms with Crippen molar-refractivity contribution in [1.29, 1.82) is 0 Å². The Balaban J connectivity index is 1.45. The lowest BCUT2D eigenvalue weighted by Crippen LogP contribution is -2.57. The topological polar surface area (TPSA) is 66.0 Å². The molecule has 1 heterocycles. The van der Waals surface area contributed by atoms with E-state index in [0.29, 0.717) is 18.8 Å². The van der Waals surface area contributed by atoms with Gasteiger partial charge < -0.3 is 24.3 Å². The number of unbranched alkanes of at least 4 members (excludes halogenated alkanes) is 1. The van der Waals surface area contributed by atoms with Crippen LogP contribution in [0.25, 0.3) is 0 Å². The van der Waals surface area contributed by atoms with E-state index in [-0.39, 0.29) is 36.2 Å². The second-order valence-corrected chi connectivity index (χ2v) is 11.2. The number of hydrogen-bond acceptors (Lipinski definition) is 5. The zero-order valence-electron chi connectivity index (χ0n) is 25.5. The van der Waals surface area contributed by atoms with Crippen LogP contribution >= 0.6 is 0 Å². The van der Waals surface area contributed by atoms with Crippen LogP contribution in [0.3, 0.4) is 0 Å². The minimum atomic E-state index is -0.596. The molecule has 1 saturated heterocycles. The lowest BCUT2D eigenvalue weighted by molar-refractivity contribution is -0.279. The molecule has 6 atom stereocenters. The first-order valence-corrected chi connectivity index (χ1v) is 15.6. The standard InChI is InChI=1S/C36H47NO5/c1-5-8-23-39-33-26(4)32(7-3)42-36(34(33)40-25-28-15-11-9-12-16-28)41-31-21-19-27(20-22-31)24-30(6-2)37-35(38)29-17-13-10-14-18-29/h9-22,26,30,32-34,36H,5-8,23-25H2,1-4H3,(H,37,38)/t26-,30?,32-,33+,34-,36?/m1/s1. The van der Waals surface area contributed by atoms with E-state index in [9.17, 15) is 4.79 Å². The van der Waals surface area contributed by atoms with Gasteiger partial charge in [-0.25, -0.2) is 0 Å². The molecule has 0 radical (unpaired) electrons. The van der Waals surface area contributed by atoms with Crippen LogP contribution in [0.4, 0.5) is 0 Å². The fourth-order valence-electron chi connectivity index (χ4n) is 5.43. The molecule has 3 aromatic carbocycles. The average molecular weight is 574 g/mol. The molecule has 0 bridgehead atoms. The van der Waals surface area contributed by atoms with Crippen LogP contribution < -0.4 is 10.1 Å². The molecule has 0 spiro atoms. The summed E-state index contributed by atoms with van der Waals surface area (Å²) in [5.41, 5.74) is 2.90. The van der Waals surface area contributed by atoms with Gasteiger partial charge in [-0.05, 0) is 61.1 Å². The summed E-state index contributed by atoms with van der Waals surface area (Å²) in [7, 11) is 0. The number of rotatable bonds is 15. The van der Waals surface area contributed by atoms with Crippen molar-refractivity contribution in [3.8, 4) is 5.75 Å². The SMILES string of the molecule is CCCCO[C@H]1[C@H](C)[C@@H](CC)OC(Oc2ccc(CC(CC)NC(=O)c3ccccc3)cc2)[C@@H]1OCc1ccccc1. The van der Waals surface area contributed by atoms with E-state index in [1.165, 1.54) is 0 Å². The van der Waals surface area contributed by atoms with Crippen molar-refractivity contribution >= 4 is 5.91 Å². The molecule has 226 valence electrons. The number of hydrogen-bond donors (Lipinski definition) is 1. The molecule has 6 heteroatoms. The summed E-state index contributed by atoms with van der Waals surface area (Å²) < 4.78 is 26.0. The number of benzene rings is 3. The molecular formula is C36H47NO5. The van der Waals surface area contributed by atoms with Crippen molar-refractivity contribution in [3.05, 3.63) is 102 Å². The highest BCUT2D eigenvalue weighted by Crippen LogP contribution is 2.34. The lowest BCUT2D eigenvalue weighted by Gasteiger charge is -2.45. The van der Waals surface area contributed by atoms with Crippen LogP contribution in [0.2, 0.25) is 0 Å². The zero-order valence-corrected chi connectivity index (χ0v) is 25.5. The van der Waals surface area contributed by atoms with Gasteiger partial charge in [0, 0.05) is 24.1 Å². The molecule has 6 nitrogen and oxygen atoms in total. The van der Waals surface area contributed by atoms with Gasteiger partial charge in [0.2, 0.25) is 6.29 Å². The quantitative estimate of drug-likeness (QED) is 0.193. The molecule has 3 aromatic rings. The molecule has 1 N–H and O–H groups in total. The van der Waals surface area contributed by atoms with Crippen molar-refractivity contribution < 1.29 is 23.7 Å². The highest BCUT2D eigenvalue weighted by molar-refractivity contribution is 5.94. The van der Waals surface area contributed by atoms with Crippen LogP contribution in [0.5, 0.6) is 5.75 Å². The lowest BCUT2D eigenvalue weighted by atomic mass is 9.89. The molecule has 1 amide bonds. The Morgan fingerprint density at radius 2 is 1.55 bits per heavy atom. The van der Waals surface area contributed by atoms with Crippen LogP contribution in [-0.4, -0.2) is 43.2 Å². The fourth-order valence-corrected chi connectivity index (χ4v) is 5.43. The summed E-state index contributed by atoms with van der Waals surface area (Å²) in [6.07, 6.45) is 3.42. The van der Waals surface area contributed by atoms with Crippen LogP contribution in [0, 0.1) is 5.92 Å². The second-order valence-electron chi connectivity index (χ2n) is 11.2. The second kappa shape index (κ2) is 16.4. The van der Waals surface area contributed by atoms with Gasteiger partial charge in [0.25, 0.3) is 5.91 Å².